The summed E-state index contributed by atoms with van der Waals surface area (Å²) in [6.45, 7) is 1.14. The summed E-state index contributed by atoms with van der Waals surface area (Å²) in [4.78, 5) is 16.7. The number of carbonyl (C=O) groups excluding carboxylic acids is 1. The molecule has 1 aliphatic rings. The number of fused-ring (bicyclic) bond motifs is 1. The third-order valence-corrected chi connectivity index (χ3v) is 6.23. The number of hydrogen-bond acceptors (Lipinski definition) is 3. The first-order valence-corrected chi connectivity index (χ1v) is 11.6. The van der Waals surface area contributed by atoms with Crippen molar-refractivity contribution in [2.75, 3.05) is 13.2 Å². The molecule has 2 aromatic heterocycles. The Bertz CT molecular complexity index is 1130. The molecule has 4 rings (SSSR count). The number of imidazole rings is 1. The van der Waals surface area contributed by atoms with Crippen LogP contribution >= 0.6 is 27.5 Å². The van der Waals surface area contributed by atoms with Crippen LogP contribution in [0.25, 0.3) is 5.65 Å². The van der Waals surface area contributed by atoms with Crippen LogP contribution in [0.3, 0.4) is 0 Å². The zero-order valence-corrected chi connectivity index (χ0v) is 19.2. The number of rotatable bonds is 5. The molecule has 0 unspecified atom stereocenters. The second kappa shape index (κ2) is 9.41. The van der Waals surface area contributed by atoms with E-state index in [-0.39, 0.29) is 40.6 Å². The van der Waals surface area contributed by atoms with E-state index in [1.807, 2.05) is 0 Å². The minimum Gasteiger partial charge on any atom is -0.381 e. The maximum Gasteiger partial charge on any atom is 0.435 e. The van der Waals surface area contributed by atoms with Crippen molar-refractivity contribution in [2.45, 2.75) is 36.8 Å². The average molecular weight is 531 g/mol. The first-order valence-electron chi connectivity index (χ1n) is 10.1. The summed E-state index contributed by atoms with van der Waals surface area (Å²) in [7, 11) is 0. The number of nitrogens with zero attached hydrogens (tertiary/aromatic N) is 2. The van der Waals surface area contributed by atoms with Crippen LogP contribution in [0.15, 0.2) is 36.4 Å². The molecule has 3 aromatic rings. The number of amides is 1. The Morgan fingerprint density at radius 1 is 1.22 bits per heavy atom. The Morgan fingerprint density at radius 2 is 1.91 bits per heavy atom. The minimum atomic E-state index is -4.64. The lowest BCUT2D eigenvalue weighted by Crippen LogP contribution is -2.39. The van der Waals surface area contributed by atoms with Crippen molar-refractivity contribution < 1.29 is 22.7 Å². The summed E-state index contributed by atoms with van der Waals surface area (Å²) in [5, 5.41) is 3.70. The zero-order valence-electron chi connectivity index (χ0n) is 16.9. The van der Waals surface area contributed by atoms with Gasteiger partial charge in [0.2, 0.25) is 0 Å². The molecular formula is C22H20BrClF3N3O2. The van der Waals surface area contributed by atoms with Crippen LogP contribution in [0.2, 0.25) is 5.02 Å². The number of halogens is 5. The van der Waals surface area contributed by atoms with Crippen molar-refractivity contribution in [1.29, 1.82) is 0 Å². The Balaban J connectivity index is 1.76. The molecule has 170 valence electrons. The molecule has 0 bridgehead atoms. The van der Waals surface area contributed by atoms with Gasteiger partial charge in [0.25, 0.3) is 5.91 Å². The van der Waals surface area contributed by atoms with Gasteiger partial charge in [0.1, 0.15) is 5.65 Å². The van der Waals surface area contributed by atoms with E-state index in [0.29, 0.717) is 42.3 Å². The highest BCUT2D eigenvalue weighted by molar-refractivity contribution is 9.08. The summed E-state index contributed by atoms with van der Waals surface area (Å²) >= 11 is 9.26. The highest BCUT2D eigenvalue weighted by Crippen LogP contribution is 2.34. The first kappa shape index (κ1) is 23.1. The van der Waals surface area contributed by atoms with Crippen molar-refractivity contribution >= 4 is 39.1 Å². The highest BCUT2D eigenvalue weighted by atomic mass is 79.9. The monoisotopic (exact) mass is 529 g/mol. The summed E-state index contributed by atoms with van der Waals surface area (Å²) in [6.07, 6.45) is -3.22. The number of nitrogens with one attached hydrogen (secondary N) is 1. The molecule has 1 aliphatic heterocycles. The van der Waals surface area contributed by atoms with Crippen LogP contribution < -0.4 is 5.32 Å². The maximum absolute atomic E-state index is 13.9. The molecule has 0 atom stereocenters. The van der Waals surface area contributed by atoms with Gasteiger partial charge in [-0.2, -0.15) is 13.2 Å². The lowest BCUT2D eigenvalue weighted by Gasteiger charge is -2.23. The predicted molar refractivity (Wildman–Crippen MR) is 118 cm³/mol. The number of alkyl halides is 4. The van der Waals surface area contributed by atoms with Gasteiger partial charge in [-0.3, -0.25) is 9.20 Å². The fourth-order valence-corrected chi connectivity index (χ4v) is 4.38. The number of aromatic nitrogens is 2. The van der Waals surface area contributed by atoms with Gasteiger partial charge in [-0.25, -0.2) is 4.98 Å². The number of ether oxygens (including phenoxy) is 1. The quantitative estimate of drug-likeness (QED) is 0.450. The number of carbonyl (C=O) groups is 1. The molecule has 0 aliphatic carbocycles. The minimum absolute atomic E-state index is 0.0145. The van der Waals surface area contributed by atoms with Crippen molar-refractivity contribution in [2.24, 2.45) is 0 Å². The van der Waals surface area contributed by atoms with Crippen LogP contribution in [-0.4, -0.2) is 34.5 Å². The lowest BCUT2D eigenvalue weighted by atomic mass is 10.1. The third kappa shape index (κ3) is 4.94. The van der Waals surface area contributed by atoms with E-state index < -0.39 is 11.9 Å². The smallest absolute Gasteiger partial charge is 0.381 e. The molecule has 5 nitrogen and oxygen atoms in total. The topological polar surface area (TPSA) is 55.6 Å². The van der Waals surface area contributed by atoms with Gasteiger partial charge < -0.3 is 10.1 Å². The molecule has 1 N–H and O–H groups in total. The van der Waals surface area contributed by atoms with Crippen molar-refractivity contribution in [1.82, 2.24) is 14.7 Å². The van der Waals surface area contributed by atoms with Gasteiger partial charge in [-0.15, -0.1) is 0 Å². The molecular weight excluding hydrogens is 511 g/mol. The summed E-state index contributed by atoms with van der Waals surface area (Å²) in [6, 6.07) is 9.63. The van der Waals surface area contributed by atoms with Gasteiger partial charge in [0.15, 0.2) is 5.69 Å². The predicted octanol–water partition coefficient (Wildman–Crippen LogP) is 5.40. The van der Waals surface area contributed by atoms with Crippen molar-refractivity contribution in [3.63, 3.8) is 0 Å². The van der Waals surface area contributed by atoms with Crippen LogP contribution in [0.5, 0.6) is 0 Å². The van der Waals surface area contributed by atoms with Crippen molar-refractivity contribution in [3.05, 3.63) is 69.6 Å². The fraction of sp³-hybridized carbons (Fsp3) is 0.364. The SMILES string of the molecule is O=C(NC1CCOCC1)c1cc(CBr)n2c(Cc3ccc(Cl)cc3)c(C(F)(F)F)nc2c1. The van der Waals surface area contributed by atoms with Gasteiger partial charge in [-0.05, 0) is 42.7 Å². The molecule has 0 saturated carbocycles. The van der Waals surface area contributed by atoms with Crippen molar-refractivity contribution in [3.8, 4) is 0 Å². The Hall–Kier alpha value is -2.10. The largest absolute Gasteiger partial charge is 0.435 e. The van der Waals surface area contributed by atoms with Crippen LogP contribution in [-0.2, 0) is 22.7 Å². The standard InChI is InChI=1S/C22H20BrClF3N3O2/c23-12-17-10-14(21(31)28-16-5-7-32-8-6-16)11-19-29-20(22(25,26)27)18(30(17)19)9-13-1-3-15(24)4-2-13/h1-4,10-11,16H,5-9,12H2,(H,28,31). The second-order valence-electron chi connectivity index (χ2n) is 7.63. The van der Waals surface area contributed by atoms with E-state index in [9.17, 15) is 18.0 Å². The van der Waals surface area contributed by atoms with Crippen LogP contribution in [0, 0.1) is 0 Å². The highest BCUT2D eigenvalue weighted by Gasteiger charge is 2.38. The van der Waals surface area contributed by atoms with E-state index in [1.165, 1.54) is 10.5 Å². The molecule has 1 saturated heterocycles. The van der Waals surface area contributed by atoms with Gasteiger partial charge in [0, 0.05) is 47.3 Å². The van der Waals surface area contributed by atoms with Crippen LogP contribution in [0.1, 0.15) is 45.8 Å². The Labute approximate surface area is 196 Å². The van der Waals surface area contributed by atoms with E-state index >= 15 is 0 Å². The molecule has 32 heavy (non-hydrogen) atoms. The third-order valence-electron chi connectivity index (χ3n) is 5.40. The maximum atomic E-state index is 13.9. The Kier molecular flexibility index (Phi) is 6.78. The van der Waals surface area contributed by atoms with Gasteiger partial charge >= 0.3 is 6.18 Å². The summed E-state index contributed by atoms with van der Waals surface area (Å²) in [5.41, 5.74) is 0.582. The average Bonchev–Trinajstić information content (AvgIpc) is 3.14. The fourth-order valence-electron chi connectivity index (χ4n) is 3.84. The summed E-state index contributed by atoms with van der Waals surface area (Å²) < 4.78 is 48.3. The number of pyridine rings is 1. The summed E-state index contributed by atoms with van der Waals surface area (Å²) in [5.74, 6) is -0.336. The second-order valence-corrected chi connectivity index (χ2v) is 8.63. The molecule has 10 heteroatoms. The number of hydrogen-bond donors (Lipinski definition) is 1. The number of benzene rings is 1. The van der Waals surface area contributed by atoms with E-state index in [4.69, 9.17) is 16.3 Å². The molecule has 3 heterocycles. The van der Waals surface area contributed by atoms with Crippen LogP contribution in [0.4, 0.5) is 13.2 Å². The molecule has 1 aromatic carbocycles. The molecule has 0 spiro atoms. The Morgan fingerprint density at radius 3 is 2.53 bits per heavy atom. The van der Waals surface area contributed by atoms with Gasteiger partial charge in [0.05, 0.1) is 5.69 Å². The zero-order chi connectivity index (χ0) is 22.9. The molecule has 0 radical (unpaired) electrons. The van der Waals surface area contributed by atoms with E-state index in [1.54, 1.807) is 30.3 Å². The van der Waals surface area contributed by atoms with E-state index in [2.05, 4.69) is 26.2 Å². The van der Waals surface area contributed by atoms with E-state index in [0.717, 1.165) is 0 Å². The first-order chi connectivity index (χ1) is 15.3. The lowest BCUT2D eigenvalue weighted by molar-refractivity contribution is -0.141. The molecule has 1 fully saturated rings. The normalized spacial score (nSPS) is 15.3. The van der Waals surface area contributed by atoms with Gasteiger partial charge in [-0.1, -0.05) is 39.7 Å². The molecule has 1 amide bonds.